The number of anilines is 1. The van der Waals surface area contributed by atoms with Gasteiger partial charge in [-0.15, -0.1) is 0 Å². The highest BCUT2D eigenvalue weighted by Gasteiger charge is 2.12. The van der Waals surface area contributed by atoms with Crippen LogP contribution >= 0.6 is 0 Å². The van der Waals surface area contributed by atoms with Gasteiger partial charge in [0.25, 0.3) is 5.91 Å². The van der Waals surface area contributed by atoms with E-state index in [0.717, 1.165) is 16.9 Å². The zero-order valence-electron chi connectivity index (χ0n) is 12.2. The predicted molar refractivity (Wildman–Crippen MR) is 81.6 cm³/mol. The van der Waals surface area contributed by atoms with E-state index in [1.807, 2.05) is 38.1 Å². The third-order valence-corrected chi connectivity index (χ3v) is 3.05. The molecule has 1 heterocycles. The molecular formula is C17H16N2O2. The quantitative estimate of drug-likeness (QED) is 0.687. The third-order valence-electron chi connectivity index (χ3n) is 3.05. The van der Waals surface area contributed by atoms with Gasteiger partial charge in [-0.2, -0.15) is 5.26 Å². The molecule has 106 valence electrons. The Labute approximate surface area is 123 Å². The fourth-order valence-electron chi connectivity index (χ4n) is 1.88. The number of furan rings is 1. The first-order valence-corrected chi connectivity index (χ1v) is 6.56. The van der Waals surface area contributed by atoms with E-state index in [2.05, 4.69) is 5.32 Å². The van der Waals surface area contributed by atoms with E-state index >= 15 is 0 Å². The Bertz CT molecular complexity index is 748. The molecule has 0 atom stereocenters. The fourth-order valence-corrected chi connectivity index (χ4v) is 1.88. The molecule has 21 heavy (non-hydrogen) atoms. The van der Waals surface area contributed by atoms with Gasteiger partial charge in [0.15, 0.2) is 0 Å². The van der Waals surface area contributed by atoms with E-state index in [9.17, 15) is 4.79 Å². The molecule has 1 N–H and O–H groups in total. The van der Waals surface area contributed by atoms with E-state index in [1.54, 1.807) is 19.1 Å². The molecule has 0 saturated heterocycles. The molecule has 1 aromatic heterocycles. The third kappa shape index (κ3) is 3.61. The number of benzene rings is 1. The van der Waals surface area contributed by atoms with Crippen molar-refractivity contribution in [2.24, 2.45) is 0 Å². The number of rotatable bonds is 3. The highest BCUT2D eigenvalue weighted by Crippen LogP contribution is 2.18. The van der Waals surface area contributed by atoms with Crippen LogP contribution in [-0.4, -0.2) is 5.91 Å². The Morgan fingerprint density at radius 1 is 1.24 bits per heavy atom. The van der Waals surface area contributed by atoms with Crippen molar-refractivity contribution < 1.29 is 9.21 Å². The fraction of sp³-hybridized carbons (Fsp3) is 0.176. The number of aryl methyl sites for hydroxylation is 3. The zero-order valence-corrected chi connectivity index (χ0v) is 12.2. The van der Waals surface area contributed by atoms with Gasteiger partial charge in [-0.1, -0.05) is 12.1 Å². The molecule has 1 amide bonds. The van der Waals surface area contributed by atoms with Gasteiger partial charge in [-0.25, -0.2) is 0 Å². The van der Waals surface area contributed by atoms with Crippen molar-refractivity contribution in [2.45, 2.75) is 20.8 Å². The van der Waals surface area contributed by atoms with Crippen LogP contribution < -0.4 is 5.32 Å². The van der Waals surface area contributed by atoms with E-state index in [-0.39, 0.29) is 5.57 Å². The van der Waals surface area contributed by atoms with E-state index in [0.29, 0.717) is 11.4 Å². The van der Waals surface area contributed by atoms with Crippen molar-refractivity contribution in [2.75, 3.05) is 5.32 Å². The van der Waals surface area contributed by atoms with E-state index in [1.165, 1.54) is 6.08 Å². The summed E-state index contributed by atoms with van der Waals surface area (Å²) in [4.78, 5) is 12.2. The molecule has 0 bridgehead atoms. The molecular weight excluding hydrogens is 264 g/mol. The normalized spacial score (nSPS) is 11.0. The summed E-state index contributed by atoms with van der Waals surface area (Å²) >= 11 is 0. The minimum absolute atomic E-state index is 0.00487. The standard InChI is InChI=1S/C17H16N2O2/c1-11-4-5-12(2)16(8-11)19-17(20)14(10-18)9-15-7-6-13(3)21-15/h4-9H,1-3H3,(H,19,20)/b14-9+. The predicted octanol–water partition coefficient (Wildman–Crippen LogP) is 3.75. The van der Waals surface area contributed by atoms with E-state index in [4.69, 9.17) is 9.68 Å². The molecule has 0 spiro atoms. The molecule has 0 aliphatic carbocycles. The van der Waals surface area contributed by atoms with Crippen LogP contribution in [-0.2, 0) is 4.79 Å². The van der Waals surface area contributed by atoms with Crippen LogP contribution in [0.4, 0.5) is 5.69 Å². The monoisotopic (exact) mass is 280 g/mol. The van der Waals surface area contributed by atoms with Crippen molar-refractivity contribution in [1.29, 1.82) is 5.26 Å². The Balaban J connectivity index is 2.23. The lowest BCUT2D eigenvalue weighted by Gasteiger charge is -2.08. The number of amides is 1. The van der Waals surface area contributed by atoms with Gasteiger partial charge in [0.05, 0.1) is 0 Å². The van der Waals surface area contributed by atoms with Gasteiger partial charge >= 0.3 is 0 Å². The lowest BCUT2D eigenvalue weighted by atomic mass is 10.1. The molecule has 0 fully saturated rings. The number of nitrogens with one attached hydrogen (secondary N) is 1. The van der Waals surface area contributed by atoms with Gasteiger partial charge in [0.1, 0.15) is 23.2 Å². The minimum atomic E-state index is -0.444. The molecule has 0 aliphatic rings. The van der Waals surface area contributed by atoms with Crippen LogP contribution in [0.15, 0.2) is 40.3 Å². The van der Waals surface area contributed by atoms with Crippen molar-refractivity contribution in [1.82, 2.24) is 0 Å². The maximum Gasteiger partial charge on any atom is 0.266 e. The number of carbonyl (C=O) groups excluding carboxylic acids is 1. The maximum atomic E-state index is 12.2. The molecule has 2 rings (SSSR count). The summed E-state index contributed by atoms with van der Waals surface area (Å²) in [6.07, 6.45) is 1.44. The zero-order chi connectivity index (χ0) is 15.4. The number of nitriles is 1. The second-order valence-electron chi connectivity index (χ2n) is 4.89. The maximum absolute atomic E-state index is 12.2. The Kier molecular flexibility index (Phi) is 4.24. The summed E-state index contributed by atoms with van der Waals surface area (Å²) in [7, 11) is 0. The topological polar surface area (TPSA) is 66.0 Å². The lowest BCUT2D eigenvalue weighted by Crippen LogP contribution is -2.14. The second-order valence-corrected chi connectivity index (χ2v) is 4.89. The van der Waals surface area contributed by atoms with Crippen LogP contribution in [0.2, 0.25) is 0 Å². The van der Waals surface area contributed by atoms with Gasteiger partial charge in [0, 0.05) is 11.8 Å². The van der Waals surface area contributed by atoms with Gasteiger partial charge in [0.2, 0.25) is 0 Å². The van der Waals surface area contributed by atoms with Crippen LogP contribution in [0, 0.1) is 32.1 Å². The molecule has 4 nitrogen and oxygen atoms in total. The SMILES string of the molecule is Cc1ccc(C)c(NC(=O)/C(C#N)=C/c2ccc(C)o2)c1. The van der Waals surface area contributed by atoms with Crippen LogP contribution in [0.5, 0.6) is 0 Å². The van der Waals surface area contributed by atoms with Crippen molar-refractivity contribution in [3.05, 3.63) is 58.6 Å². The molecule has 0 unspecified atom stereocenters. The highest BCUT2D eigenvalue weighted by atomic mass is 16.3. The average Bonchev–Trinajstić information content (AvgIpc) is 2.85. The summed E-state index contributed by atoms with van der Waals surface area (Å²) in [5.74, 6) is 0.772. The van der Waals surface area contributed by atoms with E-state index < -0.39 is 5.91 Å². The van der Waals surface area contributed by atoms with Crippen molar-refractivity contribution in [3.8, 4) is 6.07 Å². The molecule has 0 aliphatic heterocycles. The summed E-state index contributed by atoms with van der Waals surface area (Å²) < 4.78 is 5.35. The first-order valence-electron chi connectivity index (χ1n) is 6.56. The number of nitrogens with zero attached hydrogens (tertiary/aromatic N) is 1. The molecule has 0 saturated carbocycles. The Morgan fingerprint density at radius 2 is 2.00 bits per heavy atom. The highest BCUT2D eigenvalue weighted by molar-refractivity contribution is 6.09. The van der Waals surface area contributed by atoms with Gasteiger partial charge in [-0.05, 0) is 50.1 Å². The molecule has 1 aromatic carbocycles. The van der Waals surface area contributed by atoms with Crippen molar-refractivity contribution in [3.63, 3.8) is 0 Å². The number of carbonyl (C=O) groups is 1. The van der Waals surface area contributed by atoms with Crippen LogP contribution in [0.25, 0.3) is 6.08 Å². The van der Waals surface area contributed by atoms with Crippen molar-refractivity contribution >= 4 is 17.7 Å². The number of hydrogen-bond acceptors (Lipinski definition) is 3. The smallest absolute Gasteiger partial charge is 0.266 e. The average molecular weight is 280 g/mol. The lowest BCUT2D eigenvalue weighted by molar-refractivity contribution is -0.112. The first kappa shape index (κ1) is 14.6. The summed E-state index contributed by atoms with van der Waals surface area (Å²) in [5.41, 5.74) is 2.70. The number of hydrogen-bond donors (Lipinski definition) is 1. The van der Waals surface area contributed by atoms with Gasteiger partial charge < -0.3 is 9.73 Å². The van der Waals surface area contributed by atoms with Crippen LogP contribution in [0.1, 0.15) is 22.6 Å². The molecule has 4 heteroatoms. The summed E-state index contributed by atoms with van der Waals surface area (Å²) in [6, 6.07) is 11.2. The minimum Gasteiger partial charge on any atom is -0.462 e. The first-order chi connectivity index (χ1) is 9.99. The van der Waals surface area contributed by atoms with Gasteiger partial charge in [-0.3, -0.25) is 4.79 Å². The Hall–Kier alpha value is -2.80. The second kappa shape index (κ2) is 6.10. The summed E-state index contributed by atoms with van der Waals surface area (Å²) in [6.45, 7) is 5.65. The largest absolute Gasteiger partial charge is 0.462 e. The molecule has 0 radical (unpaired) electrons. The Morgan fingerprint density at radius 3 is 2.62 bits per heavy atom. The molecule has 2 aromatic rings. The summed E-state index contributed by atoms with van der Waals surface area (Å²) in [5, 5.41) is 11.9. The van der Waals surface area contributed by atoms with Crippen LogP contribution in [0.3, 0.4) is 0 Å².